The van der Waals surface area contributed by atoms with E-state index in [-0.39, 0.29) is 12.2 Å². The van der Waals surface area contributed by atoms with Gasteiger partial charge in [-0.3, -0.25) is 9.36 Å². The summed E-state index contributed by atoms with van der Waals surface area (Å²) in [5.74, 6) is 1.26. The van der Waals surface area contributed by atoms with Crippen LogP contribution in [0.3, 0.4) is 0 Å². The number of esters is 1. The molecule has 1 aliphatic rings. The third kappa shape index (κ3) is 5.21. The molecule has 1 aliphatic heterocycles. The average molecular weight is 587 g/mol. The molecule has 8 nitrogen and oxygen atoms in total. The van der Waals surface area contributed by atoms with Crippen molar-refractivity contribution in [2.24, 2.45) is 4.99 Å². The van der Waals surface area contributed by atoms with Gasteiger partial charge in [0.25, 0.3) is 5.56 Å². The molecule has 3 aromatic rings. The molecular weight excluding hydrogens is 560 g/mol. The fourth-order valence-electron chi connectivity index (χ4n) is 4.15. The van der Waals surface area contributed by atoms with Crippen molar-refractivity contribution in [2.45, 2.75) is 26.8 Å². The molecule has 0 saturated carbocycles. The lowest BCUT2D eigenvalue weighted by molar-refractivity contribution is -0.139. The van der Waals surface area contributed by atoms with Crippen molar-refractivity contribution in [2.75, 3.05) is 27.4 Å². The number of methoxy groups -OCH3 is 2. The number of carbonyl (C=O) groups excluding carboxylic acids is 1. The van der Waals surface area contributed by atoms with Crippen molar-refractivity contribution >= 4 is 39.3 Å². The van der Waals surface area contributed by atoms with E-state index in [1.807, 2.05) is 37.3 Å². The maximum Gasteiger partial charge on any atom is 0.338 e. The second kappa shape index (κ2) is 11.4. The summed E-state index contributed by atoms with van der Waals surface area (Å²) < 4.78 is 24.6. The van der Waals surface area contributed by atoms with Crippen molar-refractivity contribution in [3.05, 3.63) is 83.0 Å². The molecule has 2 heterocycles. The van der Waals surface area contributed by atoms with Crippen LogP contribution < -0.4 is 29.1 Å². The highest BCUT2D eigenvalue weighted by atomic mass is 79.9. The zero-order valence-corrected chi connectivity index (χ0v) is 23.6. The molecule has 0 N–H and O–H groups in total. The van der Waals surface area contributed by atoms with E-state index in [4.69, 9.17) is 18.9 Å². The van der Waals surface area contributed by atoms with Crippen LogP contribution in [-0.4, -0.2) is 38.0 Å². The van der Waals surface area contributed by atoms with Gasteiger partial charge in [0.2, 0.25) is 0 Å². The summed E-state index contributed by atoms with van der Waals surface area (Å²) in [7, 11) is 3.14. The topological polar surface area (TPSA) is 88.4 Å². The maximum atomic E-state index is 13.8. The van der Waals surface area contributed by atoms with E-state index in [0.717, 1.165) is 10.0 Å². The Morgan fingerprint density at radius 2 is 1.92 bits per heavy atom. The summed E-state index contributed by atoms with van der Waals surface area (Å²) in [5, 5.41) is 0. The van der Waals surface area contributed by atoms with Gasteiger partial charge < -0.3 is 18.9 Å². The van der Waals surface area contributed by atoms with Crippen LogP contribution >= 0.6 is 27.3 Å². The van der Waals surface area contributed by atoms with Crippen molar-refractivity contribution in [3.8, 4) is 17.2 Å². The van der Waals surface area contributed by atoms with Gasteiger partial charge in [0.05, 0.1) is 49.3 Å². The van der Waals surface area contributed by atoms with E-state index in [2.05, 4.69) is 20.9 Å². The van der Waals surface area contributed by atoms with Crippen LogP contribution in [0.2, 0.25) is 0 Å². The minimum atomic E-state index is -0.717. The van der Waals surface area contributed by atoms with Crippen LogP contribution in [-0.2, 0) is 9.53 Å². The molecular formula is C27H27BrN2O6S. The number of thiazole rings is 1. The van der Waals surface area contributed by atoms with Gasteiger partial charge in [0.15, 0.2) is 16.3 Å². The number of fused-ring (bicyclic) bond motifs is 1. The molecule has 0 aliphatic carbocycles. The second-order valence-corrected chi connectivity index (χ2v) is 9.90. The number of carbonyl (C=O) groups is 1. The van der Waals surface area contributed by atoms with E-state index < -0.39 is 12.0 Å². The Balaban J connectivity index is 1.95. The Hall–Kier alpha value is -3.37. The smallest absolute Gasteiger partial charge is 0.338 e. The van der Waals surface area contributed by atoms with Crippen molar-refractivity contribution in [3.63, 3.8) is 0 Å². The molecule has 0 amide bonds. The molecule has 0 bridgehead atoms. The number of nitrogens with zero attached hydrogens (tertiary/aromatic N) is 2. The van der Waals surface area contributed by atoms with E-state index in [1.165, 1.54) is 11.3 Å². The van der Waals surface area contributed by atoms with Gasteiger partial charge in [0.1, 0.15) is 5.75 Å². The molecule has 4 rings (SSSR count). The molecule has 0 saturated heterocycles. The maximum absolute atomic E-state index is 13.8. The van der Waals surface area contributed by atoms with Crippen LogP contribution in [0.15, 0.2) is 61.9 Å². The summed E-state index contributed by atoms with van der Waals surface area (Å²) in [6.07, 6.45) is 1.78. The number of allylic oxidation sites excluding steroid dienone is 1. The number of rotatable bonds is 8. The van der Waals surface area contributed by atoms with Crippen LogP contribution in [0.25, 0.3) is 6.08 Å². The highest BCUT2D eigenvalue weighted by molar-refractivity contribution is 9.10. The predicted octanol–water partition coefficient (Wildman–Crippen LogP) is 3.98. The number of benzene rings is 2. The van der Waals surface area contributed by atoms with E-state index in [1.54, 1.807) is 44.8 Å². The molecule has 37 heavy (non-hydrogen) atoms. The van der Waals surface area contributed by atoms with Gasteiger partial charge in [0, 0.05) is 4.47 Å². The first-order chi connectivity index (χ1) is 17.8. The Morgan fingerprint density at radius 3 is 2.59 bits per heavy atom. The van der Waals surface area contributed by atoms with Crippen LogP contribution in [0.1, 0.15) is 37.9 Å². The lowest BCUT2D eigenvalue weighted by Crippen LogP contribution is -2.39. The SMILES string of the molecule is CCOC(=O)C1=C(C)N=c2sc(=Cc3cc(OCC)c(OC)cc3Br)c(=O)n2[C@@H]1c1cccc(OC)c1. The van der Waals surface area contributed by atoms with Crippen LogP contribution in [0.4, 0.5) is 0 Å². The monoisotopic (exact) mass is 586 g/mol. The summed E-state index contributed by atoms with van der Waals surface area (Å²) in [6.45, 7) is 6.06. The second-order valence-electron chi connectivity index (χ2n) is 8.04. The van der Waals surface area contributed by atoms with Crippen molar-refractivity contribution in [1.29, 1.82) is 0 Å². The first-order valence-electron chi connectivity index (χ1n) is 11.7. The Labute approximate surface area is 226 Å². The Kier molecular flexibility index (Phi) is 8.19. The number of halogens is 1. The first kappa shape index (κ1) is 26.7. The molecule has 0 spiro atoms. The molecule has 1 atom stereocenters. The van der Waals surface area contributed by atoms with E-state index >= 15 is 0 Å². The number of hydrogen-bond acceptors (Lipinski definition) is 8. The highest BCUT2D eigenvalue weighted by Gasteiger charge is 2.33. The van der Waals surface area contributed by atoms with Gasteiger partial charge in [-0.05, 0) is 62.2 Å². The molecule has 2 aromatic carbocycles. The molecule has 10 heteroatoms. The third-order valence-corrected chi connectivity index (χ3v) is 7.47. The van der Waals surface area contributed by atoms with Gasteiger partial charge in [-0.25, -0.2) is 9.79 Å². The quantitative estimate of drug-likeness (QED) is 0.371. The Bertz CT molecular complexity index is 1560. The fraction of sp³-hybridized carbons (Fsp3) is 0.296. The Morgan fingerprint density at radius 1 is 1.14 bits per heavy atom. The van der Waals surface area contributed by atoms with E-state index in [0.29, 0.717) is 50.0 Å². The number of hydrogen-bond donors (Lipinski definition) is 0. The number of ether oxygens (including phenoxy) is 4. The summed E-state index contributed by atoms with van der Waals surface area (Å²) in [6, 6.07) is 10.2. The fourth-order valence-corrected chi connectivity index (χ4v) is 5.62. The van der Waals surface area contributed by atoms with Crippen LogP contribution in [0, 0.1) is 0 Å². The lowest BCUT2D eigenvalue weighted by atomic mass is 9.95. The van der Waals surface area contributed by atoms with E-state index in [9.17, 15) is 9.59 Å². The molecule has 0 unspecified atom stereocenters. The summed E-state index contributed by atoms with van der Waals surface area (Å²) in [4.78, 5) is 32.0. The van der Waals surface area contributed by atoms with Crippen molar-refractivity contribution < 1.29 is 23.7 Å². The lowest BCUT2D eigenvalue weighted by Gasteiger charge is -2.25. The minimum absolute atomic E-state index is 0.207. The zero-order valence-electron chi connectivity index (χ0n) is 21.2. The molecule has 1 aromatic heterocycles. The van der Waals surface area contributed by atoms with Crippen LogP contribution in [0.5, 0.6) is 17.2 Å². The van der Waals surface area contributed by atoms with Gasteiger partial charge in [-0.1, -0.05) is 39.4 Å². The predicted molar refractivity (Wildman–Crippen MR) is 145 cm³/mol. The largest absolute Gasteiger partial charge is 0.497 e. The highest BCUT2D eigenvalue weighted by Crippen LogP contribution is 2.34. The van der Waals surface area contributed by atoms with Gasteiger partial charge in [-0.2, -0.15) is 0 Å². The molecule has 194 valence electrons. The normalized spacial score (nSPS) is 15.2. The standard InChI is InChI=1S/C27H27BrN2O6S/c1-6-35-21-12-17(19(28)14-20(21)34-5)13-22-25(31)30-24(16-9-8-10-18(11-16)33-4)23(26(32)36-7-2)15(3)29-27(30)37-22/h8-14,24H,6-7H2,1-5H3/t24-/m1/s1. The molecule has 0 fully saturated rings. The molecule has 0 radical (unpaired) electrons. The zero-order chi connectivity index (χ0) is 26.7. The third-order valence-electron chi connectivity index (χ3n) is 5.80. The summed E-state index contributed by atoms with van der Waals surface area (Å²) in [5.41, 5.74) is 2.01. The summed E-state index contributed by atoms with van der Waals surface area (Å²) >= 11 is 4.82. The minimum Gasteiger partial charge on any atom is -0.497 e. The van der Waals surface area contributed by atoms with Crippen molar-refractivity contribution in [1.82, 2.24) is 4.57 Å². The van der Waals surface area contributed by atoms with Gasteiger partial charge >= 0.3 is 5.97 Å². The van der Waals surface area contributed by atoms with Gasteiger partial charge in [-0.15, -0.1) is 0 Å². The average Bonchev–Trinajstić information content (AvgIpc) is 3.19. The first-order valence-corrected chi connectivity index (χ1v) is 13.3. The number of aromatic nitrogens is 1.